The third kappa shape index (κ3) is 2.99. The van der Waals surface area contributed by atoms with Gasteiger partial charge in [-0.3, -0.25) is 4.79 Å². The van der Waals surface area contributed by atoms with Crippen LogP contribution in [0.15, 0.2) is 22.7 Å². The van der Waals surface area contributed by atoms with Gasteiger partial charge in [0.15, 0.2) is 0 Å². The summed E-state index contributed by atoms with van der Waals surface area (Å²) < 4.78 is 1.98. The number of carbonyl (C=O) groups excluding carboxylic acids is 1. The molecule has 0 atom stereocenters. The van der Waals surface area contributed by atoms with Gasteiger partial charge in [0.25, 0.3) is 5.91 Å². The van der Waals surface area contributed by atoms with E-state index in [9.17, 15) is 4.79 Å². The minimum absolute atomic E-state index is 0.0201. The summed E-state index contributed by atoms with van der Waals surface area (Å²) in [5.41, 5.74) is 6.75. The summed E-state index contributed by atoms with van der Waals surface area (Å²) in [5.74, 6) is 0.0201. The molecule has 1 aromatic heterocycles. The number of anilines is 1. The van der Waals surface area contributed by atoms with E-state index >= 15 is 0 Å². The number of benzene rings is 1. The van der Waals surface area contributed by atoms with Gasteiger partial charge in [0.1, 0.15) is 4.88 Å². The Morgan fingerprint density at radius 3 is 2.80 bits per heavy atom. The zero-order valence-corrected chi connectivity index (χ0v) is 14.2. The summed E-state index contributed by atoms with van der Waals surface area (Å²) in [4.78, 5) is 14.9. The maximum absolute atomic E-state index is 12.5. The van der Waals surface area contributed by atoms with Crippen LogP contribution >= 0.6 is 27.3 Å². The van der Waals surface area contributed by atoms with E-state index < -0.39 is 0 Å². The van der Waals surface area contributed by atoms with Crippen LogP contribution < -0.4 is 5.73 Å². The van der Waals surface area contributed by atoms with Crippen LogP contribution in [0.5, 0.6) is 0 Å². The van der Waals surface area contributed by atoms with E-state index in [-0.39, 0.29) is 5.91 Å². The molecule has 3 nitrogen and oxygen atoms in total. The van der Waals surface area contributed by atoms with Crippen molar-refractivity contribution in [2.45, 2.75) is 26.2 Å². The average Bonchev–Trinajstić information content (AvgIpc) is 2.76. The van der Waals surface area contributed by atoms with Crippen LogP contribution in [-0.4, -0.2) is 24.4 Å². The van der Waals surface area contributed by atoms with Crippen molar-refractivity contribution in [1.82, 2.24) is 4.90 Å². The second-order valence-electron chi connectivity index (χ2n) is 4.89. The first-order valence-corrected chi connectivity index (χ1v) is 8.39. The fourth-order valence-corrected chi connectivity index (χ4v) is 4.02. The van der Waals surface area contributed by atoms with E-state index in [4.69, 9.17) is 5.73 Å². The summed E-state index contributed by atoms with van der Waals surface area (Å²) in [5, 5.41) is 0.947. The summed E-state index contributed by atoms with van der Waals surface area (Å²) >= 11 is 4.97. The molecule has 0 radical (unpaired) electrons. The third-order valence-electron chi connectivity index (χ3n) is 3.34. The molecule has 0 aliphatic carbocycles. The molecule has 1 aromatic carbocycles. The first-order chi connectivity index (χ1) is 9.56. The van der Waals surface area contributed by atoms with E-state index in [1.807, 2.05) is 25.2 Å². The van der Waals surface area contributed by atoms with Gasteiger partial charge in [0.2, 0.25) is 0 Å². The predicted molar refractivity (Wildman–Crippen MR) is 90.4 cm³/mol. The number of hydrogen-bond donors (Lipinski definition) is 1. The Bertz CT molecular complexity index is 624. The maximum Gasteiger partial charge on any atom is 0.265 e. The molecule has 2 aromatic rings. The second kappa shape index (κ2) is 6.59. The highest BCUT2D eigenvalue weighted by Crippen LogP contribution is 2.38. The number of nitrogens with two attached hydrogens (primary N) is 1. The highest BCUT2D eigenvalue weighted by Gasteiger charge is 2.20. The Hall–Kier alpha value is -1.07. The van der Waals surface area contributed by atoms with Crippen LogP contribution in [0.4, 0.5) is 5.69 Å². The Morgan fingerprint density at radius 1 is 1.40 bits per heavy atom. The van der Waals surface area contributed by atoms with Crippen LogP contribution in [0, 0.1) is 0 Å². The van der Waals surface area contributed by atoms with E-state index in [0.29, 0.717) is 10.6 Å². The normalized spacial score (nSPS) is 10.9. The molecule has 108 valence electrons. The molecule has 0 aliphatic rings. The molecule has 5 heteroatoms. The molecule has 0 unspecified atom stereocenters. The number of fused-ring (bicyclic) bond motifs is 1. The quantitative estimate of drug-likeness (QED) is 0.803. The second-order valence-corrected chi connectivity index (χ2v) is 6.80. The molecular formula is C15H19BrN2OS. The fraction of sp³-hybridized carbons (Fsp3) is 0.400. The lowest BCUT2D eigenvalue weighted by Crippen LogP contribution is -2.27. The molecule has 0 saturated heterocycles. The van der Waals surface area contributed by atoms with Crippen LogP contribution in [0.25, 0.3) is 10.1 Å². The van der Waals surface area contributed by atoms with E-state index in [0.717, 1.165) is 40.4 Å². The standard InChI is InChI=1S/C15H19BrN2OS/c1-3-4-5-9-18(2)15(19)14-13(17)12-10(16)7-6-8-11(12)20-14/h6-8H,3-5,9,17H2,1-2H3. The minimum atomic E-state index is 0.0201. The maximum atomic E-state index is 12.5. The fourth-order valence-electron chi connectivity index (χ4n) is 2.16. The predicted octanol–water partition coefficient (Wildman–Crippen LogP) is 4.51. The van der Waals surface area contributed by atoms with Crippen molar-refractivity contribution < 1.29 is 4.79 Å². The summed E-state index contributed by atoms with van der Waals surface area (Å²) in [6.45, 7) is 2.94. The number of nitrogens with zero attached hydrogens (tertiary/aromatic N) is 1. The smallest absolute Gasteiger partial charge is 0.265 e. The lowest BCUT2D eigenvalue weighted by Gasteiger charge is -2.16. The van der Waals surface area contributed by atoms with Crippen molar-refractivity contribution in [2.24, 2.45) is 0 Å². The van der Waals surface area contributed by atoms with Crippen LogP contribution in [0.2, 0.25) is 0 Å². The van der Waals surface area contributed by atoms with Crippen molar-refractivity contribution in [3.05, 3.63) is 27.5 Å². The molecule has 0 bridgehead atoms. The number of unbranched alkanes of at least 4 members (excludes halogenated alkanes) is 2. The number of halogens is 1. The monoisotopic (exact) mass is 354 g/mol. The highest BCUT2D eigenvalue weighted by molar-refractivity contribution is 9.10. The third-order valence-corrected chi connectivity index (χ3v) is 5.16. The van der Waals surface area contributed by atoms with E-state index in [1.165, 1.54) is 11.3 Å². The Kier molecular flexibility index (Phi) is 5.05. The van der Waals surface area contributed by atoms with Crippen molar-refractivity contribution in [3.8, 4) is 0 Å². The van der Waals surface area contributed by atoms with Crippen molar-refractivity contribution in [3.63, 3.8) is 0 Å². The van der Waals surface area contributed by atoms with E-state index in [2.05, 4.69) is 22.9 Å². The number of rotatable bonds is 5. The largest absolute Gasteiger partial charge is 0.397 e. The van der Waals surface area contributed by atoms with Gasteiger partial charge in [0, 0.05) is 28.2 Å². The van der Waals surface area contributed by atoms with Crippen LogP contribution in [-0.2, 0) is 0 Å². The van der Waals surface area contributed by atoms with Gasteiger partial charge in [-0.15, -0.1) is 11.3 Å². The zero-order valence-electron chi connectivity index (χ0n) is 11.8. The van der Waals surface area contributed by atoms with Crippen LogP contribution in [0.1, 0.15) is 35.9 Å². The van der Waals surface area contributed by atoms with Gasteiger partial charge in [-0.05, 0) is 18.6 Å². The highest BCUT2D eigenvalue weighted by atomic mass is 79.9. The SMILES string of the molecule is CCCCCN(C)C(=O)c1sc2cccc(Br)c2c1N. The summed E-state index contributed by atoms with van der Waals surface area (Å²) in [6, 6.07) is 5.90. The van der Waals surface area contributed by atoms with Gasteiger partial charge in [-0.1, -0.05) is 41.8 Å². The summed E-state index contributed by atoms with van der Waals surface area (Å²) in [6.07, 6.45) is 3.33. The van der Waals surface area contributed by atoms with Gasteiger partial charge < -0.3 is 10.6 Å². The lowest BCUT2D eigenvalue weighted by molar-refractivity contribution is 0.0798. The van der Waals surface area contributed by atoms with Crippen molar-refractivity contribution in [2.75, 3.05) is 19.3 Å². The molecular weight excluding hydrogens is 336 g/mol. The van der Waals surface area contributed by atoms with Crippen molar-refractivity contribution >= 4 is 48.9 Å². The van der Waals surface area contributed by atoms with Gasteiger partial charge in [-0.25, -0.2) is 0 Å². The number of amides is 1. The molecule has 1 heterocycles. The Morgan fingerprint density at radius 2 is 2.15 bits per heavy atom. The zero-order chi connectivity index (χ0) is 14.7. The van der Waals surface area contributed by atoms with Gasteiger partial charge in [-0.2, -0.15) is 0 Å². The molecule has 2 rings (SSSR count). The topological polar surface area (TPSA) is 46.3 Å². The number of nitrogen functional groups attached to an aromatic ring is 1. The lowest BCUT2D eigenvalue weighted by atomic mass is 10.2. The molecule has 0 saturated carbocycles. The van der Waals surface area contributed by atoms with E-state index in [1.54, 1.807) is 4.90 Å². The summed E-state index contributed by atoms with van der Waals surface area (Å²) in [7, 11) is 1.84. The Balaban J connectivity index is 2.26. The van der Waals surface area contributed by atoms with Crippen LogP contribution in [0.3, 0.4) is 0 Å². The molecule has 0 aliphatic heterocycles. The minimum Gasteiger partial charge on any atom is -0.397 e. The molecule has 20 heavy (non-hydrogen) atoms. The number of hydrogen-bond acceptors (Lipinski definition) is 3. The Labute approximate surface area is 131 Å². The van der Waals surface area contributed by atoms with Gasteiger partial charge in [0.05, 0.1) is 5.69 Å². The van der Waals surface area contributed by atoms with Crippen molar-refractivity contribution in [1.29, 1.82) is 0 Å². The van der Waals surface area contributed by atoms with Gasteiger partial charge >= 0.3 is 0 Å². The number of carbonyl (C=O) groups is 1. The first kappa shape index (κ1) is 15.3. The first-order valence-electron chi connectivity index (χ1n) is 6.78. The molecule has 2 N–H and O–H groups in total. The number of thiophene rings is 1. The molecule has 0 spiro atoms. The molecule has 0 fully saturated rings. The average molecular weight is 355 g/mol. The molecule has 1 amide bonds.